The van der Waals surface area contributed by atoms with Crippen LogP contribution in [0.3, 0.4) is 0 Å². The first kappa shape index (κ1) is 74.0. The summed E-state index contributed by atoms with van der Waals surface area (Å²) in [7, 11) is 0. The Morgan fingerprint density at radius 2 is 0.651 bits per heavy atom. The number of furan rings is 3. The fraction of sp³-hybridized carbons (Fsp3) is 0. The zero-order valence-corrected chi connectivity index (χ0v) is 70.3. The van der Waals surface area contributed by atoms with Gasteiger partial charge in [-0.2, -0.15) is 0 Å². The second-order valence-electron chi connectivity index (χ2n) is 32.0. The molecule has 126 heavy (non-hydrogen) atoms. The molecule has 0 aliphatic heterocycles. The minimum Gasteiger partial charge on any atom is -0.456 e. The van der Waals surface area contributed by atoms with Gasteiger partial charge in [-0.05, 0) is 211 Å². The molecule has 0 radical (unpaired) electrons. The fourth-order valence-electron chi connectivity index (χ4n) is 18.3. The highest BCUT2D eigenvalue weighted by molar-refractivity contribution is 7.27. The van der Waals surface area contributed by atoms with Gasteiger partial charge in [0.25, 0.3) is 0 Å². The molecule has 0 amide bonds. The first-order chi connectivity index (χ1) is 62.4. The number of rotatable bonds is 10. The molecule has 7 nitrogen and oxygen atoms in total. The van der Waals surface area contributed by atoms with Gasteiger partial charge in [-0.3, -0.25) is 0 Å². The summed E-state index contributed by atoms with van der Waals surface area (Å²) in [5, 5.41) is 41.9. The molecule has 27 aromatic rings. The standard InChI is InChI=1S/C40H23NO2S.C34H21NOS.C22H15NS.C20H15N/c1-2-8-26-23(7-1)14-20-34-38(26)32-17-15-25(22-36(32)43-34)41-39-27(18-19-31-30-10-4-6-12-37(30)44-40(31)39)24-13-16-29-28-9-3-5-11-33(28)42-35(29)21-24;1-2-10-25(11-3-1)35-30-18-24(23-14-15-27-26-12-6-7-13-31(26)36-32(27)19-23)17-29-28-16-21-8-4-5-9-22(21)20-33(28)37-34(29)30;1-2-8-16(9-3-1)23-20-11-6-7-15-13-22-19(14-18(15)20)17-10-4-5-12-21(17)24-22;1-2-9-16(10-3-1)21-20-14-15-8-4-5-11-17(15)18-12-6-7-13-19(18)20/h1-22,41H;1-20,35H;1-14,23H;1-14,21H. The Kier molecular flexibility index (Phi) is 18.4. The minimum absolute atomic E-state index is 0.870. The van der Waals surface area contributed by atoms with E-state index in [0.29, 0.717) is 0 Å². The molecule has 10 heteroatoms. The molecule has 6 aromatic heterocycles. The van der Waals surface area contributed by atoms with Gasteiger partial charge < -0.3 is 34.5 Å². The highest BCUT2D eigenvalue weighted by Crippen LogP contribution is 2.49. The van der Waals surface area contributed by atoms with Crippen LogP contribution in [0.25, 0.3) is 202 Å². The molecule has 0 spiro atoms. The number of anilines is 8. The molecule has 0 bridgehead atoms. The third kappa shape index (κ3) is 13.5. The molecule has 0 saturated carbocycles. The van der Waals surface area contributed by atoms with Crippen molar-refractivity contribution >= 4 is 260 Å². The summed E-state index contributed by atoms with van der Waals surface area (Å²) in [5.74, 6) is 0. The molecule has 0 aliphatic rings. The van der Waals surface area contributed by atoms with Gasteiger partial charge in [0.2, 0.25) is 0 Å². The van der Waals surface area contributed by atoms with Gasteiger partial charge in [-0.1, -0.05) is 267 Å². The monoisotopic (exact) mass is 1670 g/mol. The quantitative estimate of drug-likeness (QED) is 0.102. The summed E-state index contributed by atoms with van der Waals surface area (Å²) < 4.78 is 26.7. The van der Waals surface area contributed by atoms with E-state index in [1.54, 1.807) is 0 Å². The smallest absolute Gasteiger partial charge is 0.137 e. The lowest BCUT2D eigenvalue weighted by Gasteiger charge is -2.14. The third-order valence-electron chi connectivity index (χ3n) is 24.3. The lowest BCUT2D eigenvalue weighted by atomic mass is 9.99. The second kappa shape index (κ2) is 31.3. The van der Waals surface area contributed by atoms with Gasteiger partial charge >= 0.3 is 0 Å². The number of hydrogen-bond acceptors (Lipinski definition) is 10. The summed E-state index contributed by atoms with van der Waals surface area (Å²) in [4.78, 5) is 0. The molecule has 0 unspecified atom stereocenters. The maximum Gasteiger partial charge on any atom is 0.137 e. The summed E-state index contributed by atoms with van der Waals surface area (Å²) in [6, 6.07) is 150. The van der Waals surface area contributed by atoms with Crippen molar-refractivity contribution in [2.45, 2.75) is 0 Å². The highest BCUT2D eigenvalue weighted by Gasteiger charge is 2.21. The molecule has 6 heterocycles. The van der Waals surface area contributed by atoms with Crippen molar-refractivity contribution in [1.29, 1.82) is 0 Å². The van der Waals surface area contributed by atoms with E-state index in [1.165, 1.54) is 120 Å². The van der Waals surface area contributed by atoms with Crippen LogP contribution >= 0.6 is 34.0 Å². The predicted octanol–water partition coefficient (Wildman–Crippen LogP) is 35.6. The zero-order chi connectivity index (χ0) is 83.1. The molecular weight excluding hydrogens is 1590 g/mol. The van der Waals surface area contributed by atoms with Gasteiger partial charge in [-0.15, -0.1) is 34.0 Å². The van der Waals surface area contributed by atoms with Crippen LogP contribution in [0.15, 0.2) is 438 Å². The van der Waals surface area contributed by atoms with E-state index in [4.69, 9.17) is 13.3 Å². The van der Waals surface area contributed by atoms with Gasteiger partial charge in [0.05, 0.1) is 20.8 Å². The van der Waals surface area contributed by atoms with Crippen LogP contribution in [-0.2, 0) is 0 Å². The van der Waals surface area contributed by atoms with Crippen LogP contribution in [0.2, 0.25) is 0 Å². The van der Waals surface area contributed by atoms with Gasteiger partial charge in [0, 0.05) is 140 Å². The third-order valence-corrected chi connectivity index (χ3v) is 27.9. The average molecular weight is 1670 g/mol. The molecule has 21 aromatic carbocycles. The molecule has 0 atom stereocenters. The highest BCUT2D eigenvalue weighted by atomic mass is 32.1. The molecule has 0 fully saturated rings. The van der Waals surface area contributed by atoms with Crippen molar-refractivity contribution in [1.82, 2.24) is 0 Å². The van der Waals surface area contributed by atoms with Crippen LogP contribution in [0.4, 0.5) is 45.5 Å². The Morgan fingerprint density at radius 1 is 0.175 bits per heavy atom. The fourth-order valence-corrected chi connectivity index (χ4v) is 21.9. The van der Waals surface area contributed by atoms with Crippen molar-refractivity contribution < 1.29 is 13.3 Å². The Labute approximate surface area is 735 Å². The van der Waals surface area contributed by atoms with Crippen molar-refractivity contribution in [2.24, 2.45) is 0 Å². The number of para-hydroxylation sites is 5. The summed E-state index contributed by atoms with van der Waals surface area (Å²) in [6.07, 6.45) is 0. The number of hydrogen-bond donors (Lipinski definition) is 4. The molecule has 594 valence electrons. The van der Waals surface area contributed by atoms with Crippen LogP contribution in [0, 0.1) is 0 Å². The van der Waals surface area contributed by atoms with Crippen LogP contribution in [0.1, 0.15) is 0 Å². The van der Waals surface area contributed by atoms with Crippen molar-refractivity contribution in [2.75, 3.05) is 21.3 Å². The van der Waals surface area contributed by atoms with Crippen LogP contribution < -0.4 is 21.3 Å². The molecule has 0 saturated heterocycles. The van der Waals surface area contributed by atoms with Crippen molar-refractivity contribution in [3.63, 3.8) is 0 Å². The van der Waals surface area contributed by atoms with E-state index in [0.717, 1.165) is 128 Å². The summed E-state index contributed by atoms with van der Waals surface area (Å²) in [6.45, 7) is 0. The van der Waals surface area contributed by atoms with Crippen molar-refractivity contribution in [3.05, 3.63) is 425 Å². The minimum atomic E-state index is 0.870. The van der Waals surface area contributed by atoms with Gasteiger partial charge in [-0.25, -0.2) is 0 Å². The van der Waals surface area contributed by atoms with Crippen LogP contribution in [-0.4, -0.2) is 0 Å². The predicted molar refractivity (Wildman–Crippen MR) is 544 cm³/mol. The molecular formula is C116H74N4O3S3. The molecule has 4 N–H and O–H groups in total. The Morgan fingerprint density at radius 3 is 1.36 bits per heavy atom. The largest absolute Gasteiger partial charge is 0.456 e. The van der Waals surface area contributed by atoms with E-state index in [2.05, 4.69) is 391 Å². The number of nitrogens with one attached hydrogen (secondary N) is 4. The lowest BCUT2D eigenvalue weighted by Crippen LogP contribution is -1.94. The van der Waals surface area contributed by atoms with E-state index >= 15 is 0 Å². The van der Waals surface area contributed by atoms with E-state index in [9.17, 15) is 0 Å². The average Bonchev–Trinajstić information content (AvgIpc) is 0.849. The SMILES string of the molecule is c1ccc(Nc2cc(-c3ccc4c(c3)oc3ccccc34)cc3c2sc2cc4ccccc4cc23)cc1.c1ccc(Nc2cc3ccccc3c3ccccc23)cc1.c1ccc(Nc2cccc3cc4sc5ccccc5c4cc23)cc1.c1ccc2c(c1)ccc1oc3cc(Nc4c(-c5ccc6c(c5)oc5ccccc56)ccc5c4sc4ccccc45)ccc3c12. The maximum atomic E-state index is 6.42. The molecule has 0 aliphatic carbocycles. The van der Waals surface area contributed by atoms with Gasteiger partial charge in [0.15, 0.2) is 0 Å². The number of thiophene rings is 3. The maximum absolute atomic E-state index is 6.42. The lowest BCUT2D eigenvalue weighted by molar-refractivity contribution is 0.668. The van der Waals surface area contributed by atoms with Crippen LogP contribution in [0.5, 0.6) is 0 Å². The second-order valence-corrected chi connectivity index (χ2v) is 35.2. The Balaban J connectivity index is 0.0000000980. The van der Waals surface area contributed by atoms with Crippen molar-refractivity contribution in [3.8, 4) is 22.3 Å². The van der Waals surface area contributed by atoms with E-state index in [1.807, 2.05) is 88.6 Å². The Hall–Kier alpha value is -15.8. The molecule has 27 rings (SSSR count). The van der Waals surface area contributed by atoms with E-state index < -0.39 is 0 Å². The number of benzene rings is 21. The normalized spacial score (nSPS) is 11.7. The van der Waals surface area contributed by atoms with Gasteiger partial charge in [0.1, 0.15) is 33.5 Å². The first-order valence-electron chi connectivity index (χ1n) is 42.4. The Bertz CT molecular complexity index is 8950. The first-order valence-corrected chi connectivity index (χ1v) is 44.8. The van der Waals surface area contributed by atoms with E-state index in [-0.39, 0.29) is 0 Å². The number of fused-ring (bicyclic) bond motifs is 25. The topological polar surface area (TPSA) is 87.5 Å². The summed E-state index contributed by atoms with van der Waals surface area (Å²) >= 11 is 5.54. The zero-order valence-electron chi connectivity index (χ0n) is 67.9. The summed E-state index contributed by atoms with van der Waals surface area (Å²) in [5.41, 5.74) is 18.7.